The van der Waals surface area contributed by atoms with Gasteiger partial charge in [-0.3, -0.25) is 0 Å². The minimum Gasteiger partial charge on any atom is -0.143 e. The van der Waals surface area contributed by atoms with Gasteiger partial charge in [-0.25, -0.2) is 0 Å². The molecule has 214 valence electrons. The molecule has 10 aromatic rings. The largest absolute Gasteiger partial charge is 0.143 e. The fraction of sp³-hybridized carbons (Fsp3) is 0. The summed E-state index contributed by atoms with van der Waals surface area (Å²) < 4.78 is 4.06. The molecular formula is C44H26S2. The van der Waals surface area contributed by atoms with E-state index in [4.69, 9.17) is 0 Å². The lowest BCUT2D eigenvalue weighted by Crippen LogP contribution is -1.91. The maximum absolute atomic E-state index is 2.44. The van der Waals surface area contributed by atoms with Crippen LogP contribution in [0.15, 0.2) is 157 Å². The van der Waals surface area contributed by atoms with Gasteiger partial charge in [-0.2, -0.15) is 0 Å². The Bertz CT molecular complexity index is 2740. The van der Waals surface area contributed by atoms with E-state index < -0.39 is 0 Å². The Morgan fingerprint density at radius 2 is 1.00 bits per heavy atom. The second-order valence-corrected chi connectivity index (χ2v) is 14.0. The van der Waals surface area contributed by atoms with Gasteiger partial charge in [0.05, 0.1) is 0 Å². The van der Waals surface area contributed by atoms with E-state index in [0.717, 1.165) is 0 Å². The quantitative estimate of drug-likeness (QED) is 0.173. The molecule has 8 aromatic carbocycles. The molecule has 0 aliphatic rings. The smallest absolute Gasteiger partial charge is 0.0448 e. The number of hydrogen-bond acceptors (Lipinski definition) is 2. The van der Waals surface area contributed by atoms with Crippen molar-refractivity contribution < 1.29 is 0 Å². The molecule has 46 heavy (non-hydrogen) atoms. The van der Waals surface area contributed by atoms with Crippen LogP contribution in [-0.4, -0.2) is 0 Å². The van der Waals surface area contributed by atoms with Gasteiger partial charge in [-0.05, 0) is 77.6 Å². The van der Waals surface area contributed by atoms with Crippen LogP contribution in [0.25, 0.3) is 96.0 Å². The van der Waals surface area contributed by atoms with Gasteiger partial charge in [-0.1, -0.05) is 140 Å². The molecule has 0 nitrogen and oxygen atoms in total. The van der Waals surface area contributed by atoms with E-state index in [9.17, 15) is 0 Å². The molecule has 0 spiro atoms. The highest BCUT2D eigenvalue weighted by Crippen LogP contribution is 2.48. The first kappa shape index (κ1) is 26.0. The van der Waals surface area contributed by atoms with Gasteiger partial charge < -0.3 is 0 Å². The molecule has 0 aliphatic carbocycles. The lowest BCUT2D eigenvalue weighted by Gasteiger charge is -2.18. The molecule has 0 N–H and O–H groups in total. The first-order valence-corrected chi connectivity index (χ1v) is 17.4. The van der Waals surface area contributed by atoms with Crippen molar-refractivity contribution >= 4 is 85.2 Å². The minimum absolute atomic E-state index is 1.26. The molecule has 0 aliphatic heterocycles. The zero-order valence-electron chi connectivity index (χ0n) is 24.8. The number of fused-ring (bicyclic) bond motifs is 8. The lowest BCUT2D eigenvalue weighted by atomic mass is 9.84. The predicted octanol–water partition coefficient (Wildman–Crippen LogP) is 13.7. The first-order chi connectivity index (χ1) is 22.8. The Kier molecular flexibility index (Phi) is 5.72. The molecule has 2 heterocycles. The van der Waals surface area contributed by atoms with Crippen LogP contribution >= 0.6 is 22.7 Å². The number of thiophene rings is 2. The first-order valence-electron chi connectivity index (χ1n) is 15.7. The Hall–Kier alpha value is -5.28. The van der Waals surface area contributed by atoms with Crippen molar-refractivity contribution in [1.29, 1.82) is 0 Å². The van der Waals surface area contributed by atoms with E-state index >= 15 is 0 Å². The van der Waals surface area contributed by atoms with Crippen molar-refractivity contribution in [3.8, 4) is 33.4 Å². The minimum atomic E-state index is 1.26. The Labute approximate surface area is 274 Å². The zero-order valence-corrected chi connectivity index (χ0v) is 26.5. The summed E-state index contributed by atoms with van der Waals surface area (Å²) in [6.07, 6.45) is 0. The molecule has 0 saturated carbocycles. The second-order valence-electron chi connectivity index (χ2n) is 12.0. The molecule has 0 atom stereocenters. The van der Waals surface area contributed by atoms with Crippen molar-refractivity contribution in [3.05, 3.63) is 157 Å². The van der Waals surface area contributed by atoms with Gasteiger partial charge in [0.1, 0.15) is 0 Å². The summed E-state index contributed by atoms with van der Waals surface area (Å²) in [5.74, 6) is 0. The van der Waals surface area contributed by atoms with E-state index in [0.29, 0.717) is 0 Å². The van der Waals surface area contributed by atoms with E-state index in [2.05, 4.69) is 157 Å². The Morgan fingerprint density at radius 1 is 0.370 bits per heavy atom. The SMILES string of the molecule is c1ccc(-c2csc3ccc4c5ccc(-c6c7ccccc7c(-c7cccc8ccccc78)c7ccccc67)cc5sc4c23)cc1. The average Bonchev–Trinajstić information content (AvgIpc) is 3.72. The fourth-order valence-electron chi connectivity index (χ4n) is 7.52. The van der Waals surface area contributed by atoms with Crippen LogP contribution in [0.3, 0.4) is 0 Å². The molecule has 0 saturated heterocycles. The third-order valence-corrected chi connectivity index (χ3v) is 11.7. The van der Waals surface area contributed by atoms with Gasteiger partial charge in [0.15, 0.2) is 0 Å². The number of benzene rings is 8. The van der Waals surface area contributed by atoms with E-state index in [1.165, 1.54) is 96.0 Å². The molecule has 0 bridgehead atoms. The summed E-state index contributed by atoms with van der Waals surface area (Å²) in [6, 6.07) is 56.0. The lowest BCUT2D eigenvalue weighted by molar-refractivity contribution is 1.69. The molecule has 0 radical (unpaired) electrons. The Balaban J connectivity index is 1.26. The maximum Gasteiger partial charge on any atom is 0.0448 e. The van der Waals surface area contributed by atoms with Gasteiger partial charge in [0.25, 0.3) is 0 Å². The van der Waals surface area contributed by atoms with E-state index in [1.807, 2.05) is 22.7 Å². The summed E-state index contributed by atoms with van der Waals surface area (Å²) in [5.41, 5.74) is 7.78. The summed E-state index contributed by atoms with van der Waals surface area (Å²) in [5, 5.41) is 14.1. The summed E-state index contributed by atoms with van der Waals surface area (Å²) >= 11 is 3.78. The van der Waals surface area contributed by atoms with Gasteiger partial charge in [0.2, 0.25) is 0 Å². The summed E-state index contributed by atoms with van der Waals surface area (Å²) in [6.45, 7) is 0. The van der Waals surface area contributed by atoms with E-state index in [-0.39, 0.29) is 0 Å². The molecule has 0 amide bonds. The third-order valence-electron chi connectivity index (χ3n) is 9.54. The highest BCUT2D eigenvalue weighted by atomic mass is 32.1. The van der Waals surface area contributed by atoms with Crippen molar-refractivity contribution in [2.75, 3.05) is 0 Å². The van der Waals surface area contributed by atoms with Crippen LogP contribution in [0.2, 0.25) is 0 Å². The molecule has 0 unspecified atom stereocenters. The highest BCUT2D eigenvalue weighted by Gasteiger charge is 2.19. The van der Waals surface area contributed by atoms with Crippen LogP contribution in [0.5, 0.6) is 0 Å². The third kappa shape index (κ3) is 3.78. The average molecular weight is 619 g/mol. The van der Waals surface area contributed by atoms with Crippen LogP contribution in [0, 0.1) is 0 Å². The van der Waals surface area contributed by atoms with E-state index in [1.54, 1.807) is 0 Å². The van der Waals surface area contributed by atoms with Crippen molar-refractivity contribution in [3.63, 3.8) is 0 Å². The molecule has 0 fully saturated rings. The van der Waals surface area contributed by atoms with Crippen LogP contribution < -0.4 is 0 Å². The highest BCUT2D eigenvalue weighted by molar-refractivity contribution is 7.27. The number of hydrogen-bond donors (Lipinski definition) is 0. The molecule has 10 rings (SSSR count). The van der Waals surface area contributed by atoms with Gasteiger partial charge in [-0.15, -0.1) is 22.7 Å². The maximum atomic E-state index is 2.44. The summed E-state index contributed by atoms with van der Waals surface area (Å²) in [7, 11) is 0. The number of rotatable bonds is 3. The van der Waals surface area contributed by atoms with Gasteiger partial charge in [0, 0.05) is 35.8 Å². The van der Waals surface area contributed by atoms with Crippen LogP contribution in [-0.2, 0) is 0 Å². The molecular weight excluding hydrogens is 593 g/mol. The monoisotopic (exact) mass is 618 g/mol. The van der Waals surface area contributed by atoms with Crippen molar-refractivity contribution in [2.45, 2.75) is 0 Å². The standard InChI is InChI=1S/C44H26S2/c1-2-11-28(12-3-1)38-26-45-39-24-23-37-31-22-21-29(25-40(31)46-44(37)43(38)39)41-33-16-6-8-18-35(33)42(36-19-9-7-17-34(36)41)32-20-10-14-27-13-4-5-15-30(27)32/h1-26H. The van der Waals surface area contributed by atoms with Crippen LogP contribution in [0.1, 0.15) is 0 Å². The summed E-state index contributed by atoms with van der Waals surface area (Å²) in [4.78, 5) is 0. The second kappa shape index (κ2) is 10.1. The van der Waals surface area contributed by atoms with Gasteiger partial charge >= 0.3 is 0 Å². The zero-order chi connectivity index (χ0) is 30.2. The molecule has 2 heteroatoms. The normalized spacial score (nSPS) is 11.9. The molecule has 2 aromatic heterocycles. The topological polar surface area (TPSA) is 0 Å². The van der Waals surface area contributed by atoms with Crippen molar-refractivity contribution in [1.82, 2.24) is 0 Å². The van der Waals surface area contributed by atoms with Crippen molar-refractivity contribution in [2.24, 2.45) is 0 Å². The fourth-order valence-corrected chi connectivity index (χ4v) is 9.86. The van der Waals surface area contributed by atoms with Crippen LogP contribution in [0.4, 0.5) is 0 Å². The Morgan fingerprint density at radius 3 is 1.76 bits per heavy atom. The predicted molar refractivity (Wildman–Crippen MR) is 204 cm³/mol.